The van der Waals surface area contributed by atoms with Gasteiger partial charge in [-0.3, -0.25) is 0 Å². The fourth-order valence-corrected chi connectivity index (χ4v) is 2.35. The minimum Gasteiger partial charge on any atom is -0.380 e. The Bertz CT molecular complexity index is 518. The fourth-order valence-electron chi connectivity index (χ4n) is 1.68. The zero-order valence-electron chi connectivity index (χ0n) is 9.81. The van der Waals surface area contributed by atoms with Crippen molar-refractivity contribution in [2.45, 2.75) is 13.5 Å². The van der Waals surface area contributed by atoms with Gasteiger partial charge in [-0.05, 0) is 71.0 Å². The normalized spacial score (nSPS) is 10.4. The summed E-state index contributed by atoms with van der Waals surface area (Å²) in [5, 5.41) is 3.22. The standard InChI is InChI=1S/C14H12F2IN/c1-9-6-11(15)3-2-10(9)8-18-14-5-4-12(16)7-13(14)17/h2-7,18H,8H2,1H3. The van der Waals surface area contributed by atoms with E-state index in [1.165, 1.54) is 24.3 Å². The molecule has 0 aliphatic heterocycles. The van der Waals surface area contributed by atoms with Crippen molar-refractivity contribution in [3.8, 4) is 0 Å². The first-order valence-corrected chi connectivity index (χ1v) is 6.58. The SMILES string of the molecule is Cc1cc(F)ccc1CNc1ccc(F)cc1I. The molecule has 0 radical (unpaired) electrons. The lowest BCUT2D eigenvalue weighted by molar-refractivity contribution is 0.625. The number of nitrogens with one attached hydrogen (secondary N) is 1. The molecule has 0 aliphatic rings. The molecule has 2 aromatic carbocycles. The zero-order valence-corrected chi connectivity index (χ0v) is 12.0. The Balaban J connectivity index is 2.11. The van der Waals surface area contributed by atoms with E-state index in [0.717, 1.165) is 20.4 Å². The van der Waals surface area contributed by atoms with Crippen LogP contribution in [0.15, 0.2) is 36.4 Å². The maximum atomic E-state index is 13.0. The Labute approximate surface area is 118 Å². The van der Waals surface area contributed by atoms with Crippen molar-refractivity contribution in [1.29, 1.82) is 0 Å². The minimum atomic E-state index is -0.247. The second-order valence-corrected chi connectivity index (χ2v) is 5.21. The summed E-state index contributed by atoms with van der Waals surface area (Å²) in [6.45, 7) is 2.46. The maximum absolute atomic E-state index is 13.0. The van der Waals surface area contributed by atoms with Gasteiger partial charge in [-0.15, -0.1) is 0 Å². The van der Waals surface area contributed by atoms with E-state index in [9.17, 15) is 8.78 Å². The lowest BCUT2D eigenvalue weighted by Crippen LogP contribution is -2.03. The molecule has 0 amide bonds. The second kappa shape index (κ2) is 5.65. The number of anilines is 1. The summed E-state index contributed by atoms with van der Waals surface area (Å²) in [4.78, 5) is 0. The average molecular weight is 359 g/mol. The topological polar surface area (TPSA) is 12.0 Å². The Morgan fingerprint density at radius 1 is 1.06 bits per heavy atom. The lowest BCUT2D eigenvalue weighted by Gasteiger charge is -2.10. The van der Waals surface area contributed by atoms with Gasteiger partial charge in [0.15, 0.2) is 0 Å². The van der Waals surface area contributed by atoms with Crippen LogP contribution in [0, 0.1) is 22.1 Å². The highest BCUT2D eigenvalue weighted by Crippen LogP contribution is 2.20. The van der Waals surface area contributed by atoms with Crippen LogP contribution in [-0.2, 0) is 6.54 Å². The summed E-state index contributed by atoms with van der Waals surface area (Å²) in [6.07, 6.45) is 0. The van der Waals surface area contributed by atoms with Gasteiger partial charge < -0.3 is 5.32 Å². The van der Waals surface area contributed by atoms with E-state index < -0.39 is 0 Å². The van der Waals surface area contributed by atoms with Crippen LogP contribution in [0.25, 0.3) is 0 Å². The molecule has 1 N–H and O–H groups in total. The van der Waals surface area contributed by atoms with E-state index in [1.54, 1.807) is 12.1 Å². The molecule has 0 saturated carbocycles. The van der Waals surface area contributed by atoms with Crippen molar-refractivity contribution in [2.75, 3.05) is 5.32 Å². The van der Waals surface area contributed by atoms with E-state index in [2.05, 4.69) is 27.9 Å². The molecule has 1 nitrogen and oxygen atoms in total. The van der Waals surface area contributed by atoms with Crippen molar-refractivity contribution in [1.82, 2.24) is 0 Å². The number of hydrogen-bond acceptors (Lipinski definition) is 1. The van der Waals surface area contributed by atoms with E-state index >= 15 is 0 Å². The smallest absolute Gasteiger partial charge is 0.124 e. The summed E-state index contributed by atoms with van der Waals surface area (Å²) in [5.74, 6) is -0.476. The monoisotopic (exact) mass is 359 g/mol. The summed E-state index contributed by atoms with van der Waals surface area (Å²) in [6, 6.07) is 9.30. The molecule has 94 valence electrons. The van der Waals surface area contributed by atoms with Crippen molar-refractivity contribution in [3.63, 3.8) is 0 Å². The van der Waals surface area contributed by atoms with Crippen LogP contribution in [-0.4, -0.2) is 0 Å². The predicted molar refractivity (Wildman–Crippen MR) is 77.6 cm³/mol. The van der Waals surface area contributed by atoms with Gasteiger partial charge in [0, 0.05) is 15.8 Å². The van der Waals surface area contributed by atoms with Gasteiger partial charge >= 0.3 is 0 Å². The van der Waals surface area contributed by atoms with Crippen LogP contribution in [0.4, 0.5) is 14.5 Å². The largest absolute Gasteiger partial charge is 0.380 e. The number of aryl methyl sites for hydroxylation is 1. The Hall–Kier alpha value is -1.17. The van der Waals surface area contributed by atoms with Gasteiger partial charge in [0.2, 0.25) is 0 Å². The second-order valence-electron chi connectivity index (χ2n) is 4.05. The molecule has 0 unspecified atom stereocenters. The van der Waals surface area contributed by atoms with Gasteiger partial charge in [-0.25, -0.2) is 8.78 Å². The van der Waals surface area contributed by atoms with Crippen LogP contribution in [0.2, 0.25) is 0 Å². The first kappa shape index (κ1) is 13.3. The Morgan fingerprint density at radius 3 is 2.39 bits per heavy atom. The molecule has 0 aliphatic carbocycles. The van der Waals surface area contributed by atoms with Gasteiger partial charge in [0.25, 0.3) is 0 Å². The molecular formula is C14H12F2IN. The summed E-state index contributed by atoms with van der Waals surface area (Å²) < 4.78 is 26.7. The van der Waals surface area contributed by atoms with Gasteiger partial charge in [-0.2, -0.15) is 0 Å². The van der Waals surface area contributed by atoms with Crippen molar-refractivity contribution in [2.24, 2.45) is 0 Å². The molecule has 0 saturated heterocycles. The van der Waals surface area contributed by atoms with E-state index in [-0.39, 0.29) is 11.6 Å². The number of rotatable bonds is 3. The molecule has 2 rings (SSSR count). The molecule has 0 atom stereocenters. The molecular weight excluding hydrogens is 347 g/mol. The maximum Gasteiger partial charge on any atom is 0.124 e. The average Bonchev–Trinajstić information content (AvgIpc) is 2.30. The summed E-state index contributed by atoms with van der Waals surface area (Å²) in [7, 11) is 0. The third kappa shape index (κ3) is 3.19. The van der Waals surface area contributed by atoms with Crippen LogP contribution in [0.3, 0.4) is 0 Å². The van der Waals surface area contributed by atoms with Crippen molar-refractivity contribution in [3.05, 3.63) is 62.7 Å². The van der Waals surface area contributed by atoms with Crippen molar-refractivity contribution < 1.29 is 8.78 Å². The van der Waals surface area contributed by atoms with Crippen LogP contribution >= 0.6 is 22.6 Å². The Kier molecular flexibility index (Phi) is 4.16. The fraction of sp³-hybridized carbons (Fsp3) is 0.143. The minimum absolute atomic E-state index is 0.229. The zero-order chi connectivity index (χ0) is 13.1. The van der Waals surface area contributed by atoms with Crippen molar-refractivity contribution >= 4 is 28.3 Å². The molecule has 2 aromatic rings. The first-order chi connectivity index (χ1) is 8.56. The number of halogens is 3. The first-order valence-electron chi connectivity index (χ1n) is 5.50. The van der Waals surface area contributed by atoms with Gasteiger partial charge in [0.05, 0.1) is 0 Å². The van der Waals surface area contributed by atoms with E-state index in [4.69, 9.17) is 0 Å². The van der Waals surface area contributed by atoms with Crippen LogP contribution < -0.4 is 5.32 Å². The third-order valence-corrected chi connectivity index (χ3v) is 3.60. The summed E-state index contributed by atoms with van der Waals surface area (Å²) in [5.41, 5.74) is 2.80. The van der Waals surface area contributed by atoms with Gasteiger partial charge in [-0.1, -0.05) is 6.07 Å². The molecule has 4 heteroatoms. The van der Waals surface area contributed by atoms with E-state index in [0.29, 0.717) is 6.54 Å². The molecule has 0 fully saturated rings. The predicted octanol–water partition coefficient (Wildman–Crippen LogP) is 4.49. The highest BCUT2D eigenvalue weighted by Gasteiger charge is 2.03. The molecule has 18 heavy (non-hydrogen) atoms. The highest BCUT2D eigenvalue weighted by molar-refractivity contribution is 14.1. The quantitative estimate of drug-likeness (QED) is 0.797. The van der Waals surface area contributed by atoms with E-state index in [1.807, 2.05) is 6.92 Å². The third-order valence-electron chi connectivity index (χ3n) is 2.71. The summed E-state index contributed by atoms with van der Waals surface area (Å²) >= 11 is 2.08. The number of hydrogen-bond donors (Lipinski definition) is 1. The highest BCUT2D eigenvalue weighted by atomic mass is 127. The van der Waals surface area contributed by atoms with Crippen LogP contribution in [0.1, 0.15) is 11.1 Å². The molecule has 0 spiro atoms. The molecule has 0 aromatic heterocycles. The van der Waals surface area contributed by atoms with Crippen LogP contribution in [0.5, 0.6) is 0 Å². The molecule has 0 heterocycles. The number of benzene rings is 2. The van der Waals surface area contributed by atoms with Gasteiger partial charge in [0.1, 0.15) is 11.6 Å². The Morgan fingerprint density at radius 2 is 1.72 bits per heavy atom. The molecule has 0 bridgehead atoms. The lowest BCUT2D eigenvalue weighted by atomic mass is 10.1.